The lowest BCUT2D eigenvalue weighted by Crippen LogP contribution is -2.44. The zero-order valence-electron chi connectivity index (χ0n) is 15.5. The van der Waals surface area contributed by atoms with E-state index in [1.165, 1.54) is 36.8 Å². The molecule has 1 N–H and O–H groups in total. The topological polar surface area (TPSA) is 63.4 Å². The Hall–Kier alpha value is -1.92. The number of hydrogen-bond acceptors (Lipinski definition) is 5. The number of fused-ring (bicyclic) bond motifs is 1. The molecule has 2 aliphatic rings. The van der Waals surface area contributed by atoms with Crippen LogP contribution in [0.1, 0.15) is 36.1 Å². The average Bonchev–Trinajstić information content (AvgIpc) is 3.15. The highest BCUT2D eigenvalue weighted by molar-refractivity contribution is 5.37. The molecular formula is C20H28N4O2. The molecule has 0 bridgehead atoms. The van der Waals surface area contributed by atoms with E-state index in [1.54, 1.807) is 7.11 Å². The maximum atomic E-state index is 9.11. The molecule has 1 saturated heterocycles. The number of aliphatic hydroxyl groups excluding tert-OH is 1. The van der Waals surface area contributed by atoms with Crippen LogP contribution < -0.4 is 4.74 Å². The Morgan fingerprint density at radius 2 is 2.04 bits per heavy atom. The Balaban J connectivity index is 1.32. The minimum absolute atomic E-state index is 0.0353. The number of likely N-dealkylation sites (tertiary alicyclic amines) is 1. The summed E-state index contributed by atoms with van der Waals surface area (Å²) >= 11 is 0. The van der Waals surface area contributed by atoms with Crippen molar-refractivity contribution in [3.8, 4) is 5.75 Å². The standard InChI is InChI=1S/C20H28N4O2/c1-26-20-5-3-16-2-4-19(10-17(16)11-20)23-8-6-15(7-9-23)12-24-13-18(14-25)21-22-24/h3,5,11,13,15,19,25H,2,4,6-10,12,14H2,1H3. The largest absolute Gasteiger partial charge is 0.497 e. The molecule has 1 aliphatic heterocycles. The van der Waals surface area contributed by atoms with Gasteiger partial charge in [-0.25, -0.2) is 0 Å². The molecule has 6 nitrogen and oxygen atoms in total. The summed E-state index contributed by atoms with van der Waals surface area (Å²) in [7, 11) is 1.74. The van der Waals surface area contributed by atoms with Crippen molar-refractivity contribution in [1.29, 1.82) is 0 Å². The fourth-order valence-corrected chi connectivity index (χ4v) is 4.42. The van der Waals surface area contributed by atoms with E-state index in [0.29, 0.717) is 17.7 Å². The van der Waals surface area contributed by atoms with Gasteiger partial charge in [0.05, 0.1) is 19.9 Å². The Morgan fingerprint density at radius 1 is 1.19 bits per heavy atom. The summed E-state index contributed by atoms with van der Waals surface area (Å²) in [5.41, 5.74) is 3.60. The minimum Gasteiger partial charge on any atom is -0.497 e. The van der Waals surface area contributed by atoms with Crippen LogP contribution in [0.25, 0.3) is 0 Å². The van der Waals surface area contributed by atoms with E-state index in [2.05, 4.69) is 33.4 Å². The number of methoxy groups -OCH3 is 1. The molecule has 0 amide bonds. The van der Waals surface area contributed by atoms with Gasteiger partial charge < -0.3 is 14.7 Å². The van der Waals surface area contributed by atoms with Crippen molar-refractivity contribution in [3.63, 3.8) is 0 Å². The van der Waals surface area contributed by atoms with Crippen LogP contribution in [0.15, 0.2) is 24.4 Å². The molecule has 1 atom stereocenters. The third-order valence-corrected chi connectivity index (χ3v) is 5.97. The molecule has 1 aromatic heterocycles. The second-order valence-electron chi connectivity index (χ2n) is 7.60. The monoisotopic (exact) mass is 356 g/mol. The van der Waals surface area contributed by atoms with E-state index < -0.39 is 0 Å². The van der Waals surface area contributed by atoms with E-state index in [9.17, 15) is 0 Å². The summed E-state index contributed by atoms with van der Waals surface area (Å²) in [5, 5.41) is 17.2. The van der Waals surface area contributed by atoms with Crippen LogP contribution in [0.5, 0.6) is 5.75 Å². The summed E-state index contributed by atoms with van der Waals surface area (Å²) in [6.45, 7) is 3.20. The number of hydrogen-bond donors (Lipinski definition) is 1. The summed E-state index contributed by atoms with van der Waals surface area (Å²) in [6, 6.07) is 7.19. The van der Waals surface area contributed by atoms with E-state index in [1.807, 2.05) is 10.9 Å². The maximum absolute atomic E-state index is 9.11. The number of nitrogens with zero attached hydrogens (tertiary/aromatic N) is 4. The Labute approximate surface area is 154 Å². The highest BCUT2D eigenvalue weighted by atomic mass is 16.5. The summed E-state index contributed by atoms with van der Waals surface area (Å²) in [6.07, 6.45) is 7.84. The van der Waals surface area contributed by atoms with Crippen molar-refractivity contribution >= 4 is 0 Å². The SMILES string of the molecule is COc1ccc2c(c1)CC(N1CCC(Cn3cc(CO)nn3)CC1)CC2. The predicted octanol–water partition coefficient (Wildman–Crippen LogP) is 2.05. The molecule has 0 saturated carbocycles. The van der Waals surface area contributed by atoms with Gasteiger partial charge in [0.1, 0.15) is 11.4 Å². The first-order valence-corrected chi connectivity index (χ1v) is 9.65. The van der Waals surface area contributed by atoms with Crippen molar-refractivity contribution in [2.45, 2.75) is 51.3 Å². The summed E-state index contributed by atoms with van der Waals surface area (Å²) < 4.78 is 7.28. The van der Waals surface area contributed by atoms with Crippen LogP contribution in [-0.4, -0.2) is 51.2 Å². The number of ether oxygens (including phenoxy) is 1. The first-order valence-electron chi connectivity index (χ1n) is 9.65. The molecule has 26 heavy (non-hydrogen) atoms. The first-order chi connectivity index (χ1) is 12.7. The molecule has 140 valence electrons. The molecule has 1 aromatic carbocycles. The second kappa shape index (κ2) is 7.76. The van der Waals surface area contributed by atoms with Crippen LogP contribution in [0.3, 0.4) is 0 Å². The predicted molar refractivity (Wildman–Crippen MR) is 99.0 cm³/mol. The van der Waals surface area contributed by atoms with Crippen LogP contribution in [0, 0.1) is 5.92 Å². The fraction of sp³-hybridized carbons (Fsp3) is 0.600. The number of piperidine rings is 1. The van der Waals surface area contributed by atoms with Crippen molar-refractivity contribution in [3.05, 3.63) is 41.2 Å². The number of benzene rings is 1. The molecular weight excluding hydrogens is 328 g/mol. The minimum atomic E-state index is -0.0353. The smallest absolute Gasteiger partial charge is 0.119 e. The molecule has 2 heterocycles. The molecule has 4 rings (SSSR count). The van der Waals surface area contributed by atoms with Crippen molar-refractivity contribution < 1.29 is 9.84 Å². The van der Waals surface area contributed by atoms with E-state index in [0.717, 1.165) is 31.8 Å². The third-order valence-electron chi connectivity index (χ3n) is 5.97. The van der Waals surface area contributed by atoms with Gasteiger partial charge in [-0.15, -0.1) is 5.10 Å². The Morgan fingerprint density at radius 3 is 2.77 bits per heavy atom. The highest BCUT2D eigenvalue weighted by Crippen LogP contribution is 2.30. The lowest BCUT2D eigenvalue weighted by atomic mass is 9.85. The van der Waals surface area contributed by atoms with Gasteiger partial charge in [0, 0.05) is 12.6 Å². The number of aryl methyl sites for hydroxylation is 1. The number of aromatic nitrogens is 3. The van der Waals surface area contributed by atoms with Crippen LogP contribution in [0.2, 0.25) is 0 Å². The van der Waals surface area contributed by atoms with Gasteiger partial charge in [0.15, 0.2) is 0 Å². The van der Waals surface area contributed by atoms with Crippen LogP contribution >= 0.6 is 0 Å². The molecule has 1 fully saturated rings. The zero-order valence-corrected chi connectivity index (χ0v) is 15.5. The van der Waals surface area contributed by atoms with Gasteiger partial charge in [-0.05, 0) is 74.4 Å². The van der Waals surface area contributed by atoms with Gasteiger partial charge >= 0.3 is 0 Å². The Bertz CT molecular complexity index is 737. The van der Waals surface area contributed by atoms with Gasteiger partial charge in [-0.1, -0.05) is 11.3 Å². The van der Waals surface area contributed by atoms with Crippen molar-refractivity contribution in [2.24, 2.45) is 5.92 Å². The molecule has 1 unspecified atom stereocenters. The quantitative estimate of drug-likeness (QED) is 0.888. The second-order valence-corrected chi connectivity index (χ2v) is 7.60. The summed E-state index contributed by atoms with van der Waals surface area (Å²) in [4.78, 5) is 2.68. The lowest BCUT2D eigenvalue weighted by molar-refractivity contribution is 0.114. The Kier molecular flexibility index (Phi) is 5.22. The third kappa shape index (κ3) is 3.76. The van der Waals surface area contributed by atoms with Gasteiger partial charge in [-0.2, -0.15) is 0 Å². The maximum Gasteiger partial charge on any atom is 0.119 e. The van der Waals surface area contributed by atoms with E-state index in [4.69, 9.17) is 9.84 Å². The van der Waals surface area contributed by atoms with Gasteiger partial charge in [-0.3, -0.25) is 4.68 Å². The van der Waals surface area contributed by atoms with Crippen LogP contribution in [-0.2, 0) is 26.0 Å². The zero-order chi connectivity index (χ0) is 17.9. The molecule has 0 radical (unpaired) electrons. The van der Waals surface area contributed by atoms with E-state index >= 15 is 0 Å². The molecule has 0 spiro atoms. The average molecular weight is 356 g/mol. The van der Waals surface area contributed by atoms with Gasteiger partial charge in [0.2, 0.25) is 0 Å². The normalized spacial score (nSPS) is 21.5. The summed E-state index contributed by atoms with van der Waals surface area (Å²) in [5.74, 6) is 1.62. The lowest BCUT2D eigenvalue weighted by Gasteiger charge is -2.39. The van der Waals surface area contributed by atoms with Crippen molar-refractivity contribution in [2.75, 3.05) is 20.2 Å². The number of rotatable bonds is 5. The molecule has 1 aliphatic carbocycles. The van der Waals surface area contributed by atoms with E-state index in [-0.39, 0.29) is 6.61 Å². The molecule has 6 heteroatoms. The highest BCUT2D eigenvalue weighted by Gasteiger charge is 2.28. The first kappa shape index (κ1) is 17.5. The van der Waals surface area contributed by atoms with Crippen molar-refractivity contribution in [1.82, 2.24) is 19.9 Å². The number of aliphatic hydroxyl groups is 1. The molecule has 2 aromatic rings. The fourth-order valence-electron chi connectivity index (χ4n) is 4.42. The van der Waals surface area contributed by atoms with Crippen LogP contribution in [0.4, 0.5) is 0 Å². The van der Waals surface area contributed by atoms with Gasteiger partial charge in [0.25, 0.3) is 0 Å².